The molecule has 25 heavy (non-hydrogen) atoms. The number of esters is 1. The van der Waals surface area contributed by atoms with Crippen LogP contribution in [0.3, 0.4) is 0 Å². The quantitative estimate of drug-likeness (QED) is 0.846. The standard InChI is InChI=1S/C19H17ClO5/c1-11(19(22)23-2)24-17-10-16-14(8-15(17)20)13(9-18(21)25-16)12-6-4-3-5-7-12/h3-11,18,21H,1-2H3. The van der Waals surface area contributed by atoms with Crippen LogP contribution in [0.1, 0.15) is 18.1 Å². The summed E-state index contributed by atoms with van der Waals surface area (Å²) in [5, 5.41) is 10.3. The maximum atomic E-state index is 11.5. The van der Waals surface area contributed by atoms with Crippen molar-refractivity contribution in [2.75, 3.05) is 7.11 Å². The summed E-state index contributed by atoms with van der Waals surface area (Å²) in [7, 11) is 1.28. The molecule has 0 radical (unpaired) electrons. The minimum atomic E-state index is -1.09. The van der Waals surface area contributed by atoms with Gasteiger partial charge in [0.15, 0.2) is 6.10 Å². The van der Waals surface area contributed by atoms with Crippen molar-refractivity contribution in [2.24, 2.45) is 0 Å². The predicted molar refractivity (Wildman–Crippen MR) is 93.7 cm³/mol. The number of benzene rings is 2. The molecule has 5 nitrogen and oxygen atoms in total. The molecule has 0 fully saturated rings. The van der Waals surface area contributed by atoms with Crippen LogP contribution in [-0.2, 0) is 9.53 Å². The molecule has 3 rings (SSSR count). The van der Waals surface area contributed by atoms with Crippen LogP contribution >= 0.6 is 11.6 Å². The summed E-state index contributed by atoms with van der Waals surface area (Å²) < 4.78 is 15.7. The molecule has 1 aliphatic rings. The molecule has 2 aromatic carbocycles. The molecule has 0 bridgehead atoms. The van der Waals surface area contributed by atoms with Crippen molar-refractivity contribution >= 4 is 23.1 Å². The van der Waals surface area contributed by atoms with Gasteiger partial charge in [-0.05, 0) is 30.2 Å². The largest absolute Gasteiger partial charge is 0.477 e. The van der Waals surface area contributed by atoms with Crippen LogP contribution in [-0.4, -0.2) is 30.6 Å². The third-order valence-corrected chi connectivity index (χ3v) is 4.10. The minimum Gasteiger partial charge on any atom is -0.477 e. The Kier molecular flexibility index (Phi) is 4.97. The van der Waals surface area contributed by atoms with Gasteiger partial charge in [0.05, 0.1) is 12.1 Å². The number of rotatable bonds is 4. The first-order valence-corrected chi connectivity index (χ1v) is 8.07. The van der Waals surface area contributed by atoms with E-state index in [4.69, 9.17) is 21.1 Å². The van der Waals surface area contributed by atoms with Gasteiger partial charge in [-0.2, -0.15) is 0 Å². The number of carbonyl (C=O) groups is 1. The molecule has 2 unspecified atom stereocenters. The van der Waals surface area contributed by atoms with E-state index < -0.39 is 18.4 Å². The van der Waals surface area contributed by atoms with Gasteiger partial charge in [-0.1, -0.05) is 41.9 Å². The van der Waals surface area contributed by atoms with E-state index in [1.54, 1.807) is 25.1 Å². The Morgan fingerprint density at radius 1 is 1.28 bits per heavy atom. The number of methoxy groups -OCH3 is 1. The summed E-state index contributed by atoms with van der Waals surface area (Å²) in [5.41, 5.74) is 2.47. The van der Waals surface area contributed by atoms with Crippen LogP contribution in [0.25, 0.3) is 5.57 Å². The Hall–Kier alpha value is -2.50. The Morgan fingerprint density at radius 3 is 2.68 bits per heavy atom. The highest BCUT2D eigenvalue weighted by atomic mass is 35.5. The van der Waals surface area contributed by atoms with E-state index in [2.05, 4.69) is 4.74 Å². The topological polar surface area (TPSA) is 65.0 Å². The molecule has 1 N–H and O–H groups in total. The first-order chi connectivity index (χ1) is 12.0. The number of aliphatic hydroxyl groups is 1. The van der Waals surface area contributed by atoms with Crippen LogP contribution in [0.15, 0.2) is 48.5 Å². The molecular formula is C19H17ClO5. The maximum absolute atomic E-state index is 11.5. The van der Waals surface area contributed by atoms with Gasteiger partial charge in [-0.15, -0.1) is 0 Å². The zero-order valence-electron chi connectivity index (χ0n) is 13.7. The fraction of sp³-hybridized carbons (Fsp3) is 0.211. The Bertz CT molecular complexity index is 816. The van der Waals surface area contributed by atoms with Crippen molar-refractivity contribution in [3.63, 3.8) is 0 Å². The molecule has 2 atom stereocenters. The monoisotopic (exact) mass is 360 g/mol. The molecule has 0 saturated carbocycles. The first kappa shape index (κ1) is 17.3. The van der Waals surface area contributed by atoms with E-state index >= 15 is 0 Å². The van der Waals surface area contributed by atoms with Gasteiger partial charge in [0, 0.05) is 11.6 Å². The summed E-state index contributed by atoms with van der Waals surface area (Å²) in [5.74, 6) is 0.185. The highest BCUT2D eigenvalue weighted by Crippen LogP contribution is 2.41. The third-order valence-electron chi connectivity index (χ3n) is 3.80. The molecule has 0 amide bonds. The Morgan fingerprint density at radius 2 is 2.00 bits per heavy atom. The van der Waals surface area contributed by atoms with E-state index in [9.17, 15) is 9.90 Å². The van der Waals surface area contributed by atoms with Gasteiger partial charge in [-0.25, -0.2) is 4.79 Å². The van der Waals surface area contributed by atoms with E-state index in [1.807, 2.05) is 30.3 Å². The highest BCUT2D eigenvalue weighted by Gasteiger charge is 2.24. The average molecular weight is 361 g/mol. The van der Waals surface area contributed by atoms with Gasteiger partial charge in [0.25, 0.3) is 0 Å². The second-order valence-electron chi connectivity index (χ2n) is 5.52. The normalized spacial score (nSPS) is 17.0. The molecule has 2 aromatic rings. The van der Waals surface area contributed by atoms with E-state index in [0.29, 0.717) is 10.8 Å². The molecule has 1 heterocycles. The van der Waals surface area contributed by atoms with Crippen LogP contribution < -0.4 is 9.47 Å². The van der Waals surface area contributed by atoms with Crippen molar-refractivity contribution in [3.05, 3.63) is 64.7 Å². The number of ether oxygens (including phenoxy) is 3. The number of aliphatic hydroxyl groups excluding tert-OH is 1. The molecule has 1 aliphatic heterocycles. The number of carbonyl (C=O) groups excluding carboxylic acids is 1. The predicted octanol–water partition coefficient (Wildman–Crippen LogP) is 3.42. The highest BCUT2D eigenvalue weighted by molar-refractivity contribution is 6.32. The number of halogens is 1. The van der Waals surface area contributed by atoms with Crippen molar-refractivity contribution in [2.45, 2.75) is 19.3 Å². The maximum Gasteiger partial charge on any atom is 0.346 e. The van der Waals surface area contributed by atoms with Gasteiger partial charge in [0.1, 0.15) is 11.5 Å². The Balaban J connectivity index is 1.99. The molecule has 0 aliphatic carbocycles. The van der Waals surface area contributed by atoms with Gasteiger partial charge in [0.2, 0.25) is 6.29 Å². The second kappa shape index (κ2) is 7.17. The summed E-state index contributed by atoms with van der Waals surface area (Å²) >= 11 is 6.32. The van der Waals surface area contributed by atoms with E-state index in [0.717, 1.165) is 16.7 Å². The van der Waals surface area contributed by atoms with Crippen molar-refractivity contribution in [1.82, 2.24) is 0 Å². The first-order valence-electron chi connectivity index (χ1n) is 7.70. The fourth-order valence-corrected chi connectivity index (χ4v) is 2.81. The van der Waals surface area contributed by atoms with Gasteiger partial charge < -0.3 is 19.3 Å². The lowest BCUT2D eigenvalue weighted by Gasteiger charge is -2.24. The SMILES string of the molecule is COC(=O)C(C)Oc1cc2c(cc1Cl)C(c1ccccc1)=CC(O)O2. The zero-order chi connectivity index (χ0) is 18.0. The summed E-state index contributed by atoms with van der Waals surface area (Å²) in [6, 6.07) is 12.9. The number of fused-ring (bicyclic) bond motifs is 1. The smallest absolute Gasteiger partial charge is 0.346 e. The summed E-state index contributed by atoms with van der Waals surface area (Å²) in [4.78, 5) is 11.5. The third kappa shape index (κ3) is 3.62. The second-order valence-corrected chi connectivity index (χ2v) is 5.92. The molecule has 0 aromatic heterocycles. The molecule has 130 valence electrons. The summed E-state index contributed by atoms with van der Waals surface area (Å²) in [6.07, 6.45) is -0.293. The summed E-state index contributed by atoms with van der Waals surface area (Å²) in [6.45, 7) is 1.56. The van der Waals surface area contributed by atoms with Gasteiger partial charge >= 0.3 is 5.97 Å². The molecule has 0 saturated heterocycles. The van der Waals surface area contributed by atoms with Crippen LogP contribution in [0, 0.1) is 0 Å². The van der Waals surface area contributed by atoms with Crippen LogP contribution in [0.2, 0.25) is 5.02 Å². The lowest BCUT2D eigenvalue weighted by molar-refractivity contribution is -0.147. The zero-order valence-corrected chi connectivity index (χ0v) is 14.5. The number of hydrogen-bond donors (Lipinski definition) is 1. The van der Waals surface area contributed by atoms with Crippen LogP contribution in [0.4, 0.5) is 0 Å². The van der Waals surface area contributed by atoms with Crippen LogP contribution in [0.5, 0.6) is 11.5 Å². The molecule has 0 spiro atoms. The van der Waals surface area contributed by atoms with Crippen molar-refractivity contribution < 1.29 is 24.1 Å². The Labute approximate surface area is 150 Å². The lowest BCUT2D eigenvalue weighted by Crippen LogP contribution is -2.25. The van der Waals surface area contributed by atoms with Crippen molar-refractivity contribution in [3.8, 4) is 11.5 Å². The van der Waals surface area contributed by atoms with E-state index in [1.165, 1.54) is 7.11 Å². The fourth-order valence-electron chi connectivity index (χ4n) is 2.60. The average Bonchev–Trinajstić information content (AvgIpc) is 2.62. The molecular weight excluding hydrogens is 344 g/mol. The van der Waals surface area contributed by atoms with Gasteiger partial charge in [-0.3, -0.25) is 0 Å². The minimum absolute atomic E-state index is 0.278. The number of hydrogen-bond acceptors (Lipinski definition) is 5. The molecule has 6 heteroatoms. The van der Waals surface area contributed by atoms with Crippen molar-refractivity contribution in [1.29, 1.82) is 0 Å². The van der Waals surface area contributed by atoms with E-state index in [-0.39, 0.29) is 5.75 Å². The lowest BCUT2D eigenvalue weighted by atomic mass is 9.95.